The predicted molar refractivity (Wildman–Crippen MR) is 140 cm³/mol. The van der Waals surface area contributed by atoms with Gasteiger partial charge in [0, 0.05) is 51.1 Å². The van der Waals surface area contributed by atoms with Crippen LogP contribution in [0.5, 0.6) is 5.75 Å². The zero-order valence-corrected chi connectivity index (χ0v) is 20.9. The third kappa shape index (κ3) is 6.55. The van der Waals surface area contributed by atoms with Gasteiger partial charge in [-0.05, 0) is 42.3 Å². The van der Waals surface area contributed by atoms with Crippen molar-refractivity contribution in [2.45, 2.75) is 13.3 Å². The van der Waals surface area contributed by atoms with Crippen LogP contribution in [-0.4, -0.2) is 66.4 Å². The number of methoxy groups -OCH3 is 1. The van der Waals surface area contributed by atoms with Crippen LogP contribution >= 0.6 is 11.3 Å². The van der Waals surface area contributed by atoms with Crippen LogP contribution in [0.25, 0.3) is 6.08 Å². The van der Waals surface area contributed by atoms with Gasteiger partial charge in [-0.25, -0.2) is 4.98 Å². The van der Waals surface area contributed by atoms with Gasteiger partial charge in [0.05, 0.1) is 18.5 Å². The van der Waals surface area contributed by atoms with Crippen molar-refractivity contribution in [3.05, 3.63) is 77.3 Å². The molecular formula is C27H30N4O3S. The number of carbonyl (C=O) groups excluding carboxylic acids is 2. The fourth-order valence-electron chi connectivity index (χ4n) is 3.99. The van der Waals surface area contributed by atoms with Crippen LogP contribution in [0.15, 0.2) is 66.1 Å². The Kier molecular flexibility index (Phi) is 8.28. The Hall–Kier alpha value is -3.49. The van der Waals surface area contributed by atoms with E-state index in [1.54, 1.807) is 24.2 Å². The lowest BCUT2D eigenvalue weighted by Gasteiger charge is -2.34. The molecule has 0 radical (unpaired) electrons. The van der Waals surface area contributed by atoms with Crippen LogP contribution in [0.1, 0.15) is 18.2 Å². The molecule has 0 aliphatic carbocycles. The lowest BCUT2D eigenvalue weighted by molar-refractivity contribution is -0.127. The number of anilines is 2. The fraction of sp³-hybridized carbons (Fsp3) is 0.296. The molecule has 1 aromatic heterocycles. The number of rotatable bonds is 8. The monoisotopic (exact) mass is 490 g/mol. The number of carbonyl (C=O) groups is 2. The summed E-state index contributed by atoms with van der Waals surface area (Å²) in [5, 5.41) is 2.44. The number of para-hydroxylation sites is 1. The van der Waals surface area contributed by atoms with Crippen molar-refractivity contribution < 1.29 is 14.3 Å². The molecule has 0 unspecified atom stereocenters. The van der Waals surface area contributed by atoms with Crippen molar-refractivity contribution in [1.82, 2.24) is 14.8 Å². The van der Waals surface area contributed by atoms with Crippen LogP contribution in [0.4, 0.5) is 10.8 Å². The second kappa shape index (κ2) is 11.8. The van der Waals surface area contributed by atoms with Gasteiger partial charge in [0.1, 0.15) is 5.75 Å². The van der Waals surface area contributed by atoms with Crippen molar-refractivity contribution in [3.63, 3.8) is 0 Å². The molecule has 1 aliphatic rings. The highest BCUT2D eigenvalue weighted by molar-refractivity contribution is 7.14. The lowest BCUT2D eigenvalue weighted by Crippen LogP contribution is -2.48. The summed E-state index contributed by atoms with van der Waals surface area (Å²) in [6, 6.07) is 17.6. The van der Waals surface area contributed by atoms with Gasteiger partial charge in [0.25, 0.3) is 0 Å². The van der Waals surface area contributed by atoms with Crippen molar-refractivity contribution in [2.24, 2.45) is 0 Å². The van der Waals surface area contributed by atoms with E-state index >= 15 is 0 Å². The van der Waals surface area contributed by atoms with Gasteiger partial charge >= 0.3 is 0 Å². The van der Waals surface area contributed by atoms with Crippen LogP contribution in [0.2, 0.25) is 0 Å². The average molecular weight is 491 g/mol. The molecule has 182 valence electrons. The third-order valence-electron chi connectivity index (χ3n) is 5.99. The zero-order chi connectivity index (χ0) is 24.6. The maximum absolute atomic E-state index is 12.7. The largest absolute Gasteiger partial charge is 0.497 e. The molecule has 8 heteroatoms. The van der Waals surface area contributed by atoms with Crippen LogP contribution < -0.4 is 9.64 Å². The summed E-state index contributed by atoms with van der Waals surface area (Å²) in [6.45, 7) is 5.63. The van der Waals surface area contributed by atoms with E-state index in [-0.39, 0.29) is 11.8 Å². The minimum atomic E-state index is -0.109. The van der Waals surface area contributed by atoms with E-state index in [4.69, 9.17) is 4.74 Å². The molecule has 0 bridgehead atoms. The molecular weight excluding hydrogens is 460 g/mol. The second-order valence-corrected chi connectivity index (χ2v) is 9.18. The number of benzene rings is 2. The van der Waals surface area contributed by atoms with E-state index in [1.165, 1.54) is 23.8 Å². The summed E-state index contributed by atoms with van der Waals surface area (Å²) in [5.74, 6) is 0.748. The van der Waals surface area contributed by atoms with Crippen LogP contribution in [0.3, 0.4) is 0 Å². The summed E-state index contributed by atoms with van der Waals surface area (Å²) in [4.78, 5) is 35.3. The number of hydrogen-bond donors (Lipinski definition) is 0. The number of amides is 2. The van der Waals surface area contributed by atoms with Gasteiger partial charge in [0.15, 0.2) is 5.13 Å². The topological polar surface area (TPSA) is 66.0 Å². The Morgan fingerprint density at radius 2 is 1.77 bits per heavy atom. The Bertz CT molecular complexity index is 1150. The molecule has 4 rings (SSSR count). The molecule has 35 heavy (non-hydrogen) atoms. The molecule has 1 saturated heterocycles. The van der Waals surface area contributed by atoms with Crippen LogP contribution in [0, 0.1) is 0 Å². The molecule has 3 aromatic rings. The minimum absolute atomic E-state index is 0.0131. The van der Waals surface area contributed by atoms with E-state index in [0.717, 1.165) is 37.5 Å². The quantitative estimate of drug-likeness (QED) is 0.442. The summed E-state index contributed by atoms with van der Waals surface area (Å²) in [6.07, 6.45) is 4.28. The Labute approximate surface area is 210 Å². The molecule has 2 heterocycles. The summed E-state index contributed by atoms with van der Waals surface area (Å²) in [7, 11) is 1.67. The number of thiazole rings is 1. The van der Waals surface area contributed by atoms with E-state index in [9.17, 15) is 9.59 Å². The molecule has 1 aliphatic heterocycles. The number of ether oxygens (including phenoxy) is 1. The molecule has 1 fully saturated rings. The van der Waals surface area contributed by atoms with Gasteiger partial charge < -0.3 is 9.64 Å². The Morgan fingerprint density at radius 3 is 2.43 bits per heavy atom. The van der Waals surface area contributed by atoms with E-state index in [1.807, 2.05) is 52.7 Å². The summed E-state index contributed by atoms with van der Waals surface area (Å²) >= 11 is 1.38. The fourth-order valence-corrected chi connectivity index (χ4v) is 4.85. The molecule has 2 aromatic carbocycles. The van der Waals surface area contributed by atoms with Crippen molar-refractivity contribution in [3.8, 4) is 5.75 Å². The first-order valence-corrected chi connectivity index (χ1v) is 12.5. The SMILES string of the molecule is COc1ccc(CCN2CCN(C(=O)/C=C/c3csc(N(C(C)=O)c4ccccc4)n3)CC2)cc1. The number of aromatic nitrogens is 1. The van der Waals surface area contributed by atoms with Crippen molar-refractivity contribution in [2.75, 3.05) is 44.7 Å². The van der Waals surface area contributed by atoms with Gasteiger partial charge in [-0.15, -0.1) is 11.3 Å². The van der Waals surface area contributed by atoms with Gasteiger partial charge in [-0.2, -0.15) is 0 Å². The highest BCUT2D eigenvalue weighted by Gasteiger charge is 2.20. The number of hydrogen-bond acceptors (Lipinski definition) is 6. The first-order valence-electron chi connectivity index (χ1n) is 11.7. The standard InChI is InChI=1S/C27H30N4O3S/c1-21(32)31(24-6-4-3-5-7-24)27-28-23(20-35-27)10-13-26(33)30-18-16-29(17-19-30)15-14-22-8-11-25(34-2)12-9-22/h3-13,20H,14-19H2,1-2H3/b13-10+. The normalized spacial score (nSPS) is 14.3. The average Bonchev–Trinajstić information content (AvgIpc) is 3.35. The Balaban J connectivity index is 1.27. The first kappa shape index (κ1) is 24.6. The highest BCUT2D eigenvalue weighted by atomic mass is 32.1. The van der Waals surface area contributed by atoms with Crippen LogP contribution in [-0.2, 0) is 16.0 Å². The number of piperazine rings is 1. The second-order valence-electron chi connectivity index (χ2n) is 8.34. The van der Waals surface area contributed by atoms with Gasteiger partial charge in [-0.1, -0.05) is 30.3 Å². The summed E-state index contributed by atoms with van der Waals surface area (Å²) in [5.41, 5.74) is 2.72. The highest BCUT2D eigenvalue weighted by Crippen LogP contribution is 2.29. The smallest absolute Gasteiger partial charge is 0.246 e. The Morgan fingerprint density at radius 1 is 1.06 bits per heavy atom. The van der Waals surface area contributed by atoms with E-state index in [2.05, 4.69) is 22.0 Å². The summed E-state index contributed by atoms with van der Waals surface area (Å²) < 4.78 is 5.21. The molecule has 0 atom stereocenters. The first-order chi connectivity index (χ1) is 17.0. The lowest BCUT2D eigenvalue weighted by atomic mass is 10.1. The molecule has 0 spiro atoms. The van der Waals surface area contributed by atoms with E-state index in [0.29, 0.717) is 23.9 Å². The minimum Gasteiger partial charge on any atom is -0.497 e. The van der Waals surface area contributed by atoms with Gasteiger partial charge in [0.2, 0.25) is 11.8 Å². The molecule has 7 nitrogen and oxygen atoms in total. The van der Waals surface area contributed by atoms with Crippen molar-refractivity contribution in [1.29, 1.82) is 0 Å². The molecule has 0 N–H and O–H groups in total. The van der Waals surface area contributed by atoms with E-state index < -0.39 is 0 Å². The molecule has 2 amide bonds. The zero-order valence-electron chi connectivity index (χ0n) is 20.1. The predicted octanol–water partition coefficient (Wildman–Crippen LogP) is 4.24. The van der Waals surface area contributed by atoms with Crippen molar-refractivity contribution >= 4 is 40.0 Å². The molecule has 0 saturated carbocycles. The van der Waals surface area contributed by atoms with Gasteiger partial charge in [-0.3, -0.25) is 19.4 Å². The maximum Gasteiger partial charge on any atom is 0.246 e. The third-order valence-corrected chi connectivity index (χ3v) is 6.83. The maximum atomic E-state index is 12.7. The number of nitrogens with zero attached hydrogens (tertiary/aromatic N) is 4.